The van der Waals surface area contributed by atoms with Gasteiger partial charge in [-0.05, 0) is 49.2 Å². The minimum absolute atomic E-state index is 0.0520. The molecule has 1 aromatic heterocycles. The first-order valence-electron chi connectivity index (χ1n) is 9.53. The van der Waals surface area contributed by atoms with E-state index in [2.05, 4.69) is 11.4 Å². The number of rotatable bonds is 4. The third kappa shape index (κ3) is 2.59. The first kappa shape index (κ1) is 17.3. The van der Waals surface area contributed by atoms with Crippen molar-refractivity contribution >= 4 is 17.5 Å². The van der Waals surface area contributed by atoms with Crippen LogP contribution in [0.15, 0.2) is 53.2 Å². The first-order valence-corrected chi connectivity index (χ1v) is 9.53. The molecule has 3 aliphatic heterocycles. The molecule has 2 saturated heterocycles. The van der Waals surface area contributed by atoms with Gasteiger partial charge in [0.05, 0.1) is 37.3 Å². The number of aryl methyl sites for hydroxylation is 2. The summed E-state index contributed by atoms with van der Waals surface area (Å²) in [4.78, 5) is 28.0. The third-order valence-electron chi connectivity index (χ3n) is 5.90. The average molecular weight is 378 g/mol. The number of nitrogens with zero attached hydrogens (tertiary/aromatic N) is 1. The lowest BCUT2D eigenvalue weighted by Gasteiger charge is -2.23. The van der Waals surface area contributed by atoms with E-state index in [1.165, 1.54) is 0 Å². The minimum atomic E-state index is -0.709. The van der Waals surface area contributed by atoms with Crippen LogP contribution in [0.1, 0.15) is 16.9 Å². The van der Waals surface area contributed by atoms with Gasteiger partial charge in [0, 0.05) is 5.69 Å². The molecule has 0 radical (unpaired) electrons. The molecule has 0 saturated carbocycles. The highest BCUT2D eigenvalue weighted by molar-refractivity contribution is 5.99. The van der Waals surface area contributed by atoms with Gasteiger partial charge in [0.25, 0.3) is 0 Å². The zero-order valence-corrected chi connectivity index (χ0v) is 15.8. The Morgan fingerprint density at radius 1 is 1.29 bits per heavy atom. The molecule has 5 rings (SSSR count). The van der Waals surface area contributed by atoms with Crippen molar-refractivity contribution < 1.29 is 18.7 Å². The van der Waals surface area contributed by atoms with Gasteiger partial charge in [-0.15, -0.1) is 0 Å². The Labute approximate surface area is 163 Å². The van der Waals surface area contributed by atoms with Crippen LogP contribution in [-0.2, 0) is 20.9 Å². The molecule has 28 heavy (non-hydrogen) atoms. The van der Waals surface area contributed by atoms with Crippen LogP contribution in [0.25, 0.3) is 0 Å². The molecule has 4 atom stereocenters. The molecule has 6 nitrogen and oxygen atoms in total. The third-order valence-corrected chi connectivity index (χ3v) is 5.90. The molecule has 4 unspecified atom stereocenters. The normalized spacial score (nSPS) is 30.1. The van der Waals surface area contributed by atoms with Gasteiger partial charge in [-0.25, -0.2) is 0 Å². The number of likely N-dealkylation sites (tertiary alicyclic amines) is 1. The number of furan rings is 1. The van der Waals surface area contributed by atoms with Gasteiger partial charge in [0.15, 0.2) is 0 Å². The Balaban J connectivity index is 1.39. The highest BCUT2D eigenvalue weighted by atomic mass is 16.5. The van der Waals surface area contributed by atoms with Crippen molar-refractivity contribution in [1.82, 2.24) is 4.90 Å². The predicted octanol–water partition coefficient (Wildman–Crippen LogP) is 2.82. The number of nitrogens with one attached hydrogen (secondary N) is 1. The van der Waals surface area contributed by atoms with Crippen molar-refractivity contribution in [3.05, 3.63) is 65.6 Å². The van der Waals surface area contributed by atoms with E-state index >= 15 is 0 Å². The fourth-order valence-corrected chi connectivity index (χ4v) is 4.87. The molecule has 0 aliphatic carbocycles. The molecule has 2 aromatic rings. The lowest BCUT2D eigenvalue weighted by molar-refractivity contribution is -0.136. The zero-order chi connectivity index (χ0) is 19.5. The number of ether oxygens (including phenoxy) is 1. The van der Waals surface area contributed by atoms with Crippen LogP contribution < -0.4 is 5.32 Å². The van der Waals surface area contributed by atoms with E-state index in [1.54, 1.807) is 17.2 Å². The van der Waals surface area contributed by atoms with Crippen LogP contribution in [-0.4, -0.2) is 35.0 Å². The smallest absolute Gasteiger partial charge is 0.231 e. The predicted molar refractivity (Wildman–Crippen MR) is 102 cm³/mol. The summed E-state index contributed by atoms with van der Waals surface area (Å²) < 4.78 is 11.5. The van der Waals surface area contributed by atoms with Crippen LogP contribution in [0.4, 0.5) is 5.69 Å². The summed E-state index contributed by atoms with van der Waals surface area (Å²) in [7, 11) is 0. The zero-order valence-electron chi connectivity index (χ0n) is 15.8. The van der Waals surface area contributed by atoms with Gasteiger partial charge in [0.1, 0.15) is 11.4 Å². The Hall–Kier alpha value is -2.86. The molecule has 4 heterocycles. The molecule has 2 fully saturated rings. The van der Waals surface area contributed by atoms with Gasteiger partial charge in [0.2, 0.25) is 11.8 Å². The Bertz CT molecular complexity index is 960. The topological polar surface area (TPSA) is 71.8 Å². The number of carbonyl (C=O) groups is 2. The minimum Gasteiger partial charge on any atom is -0.467 e. The number of carbonyl (C=O) groups excluding carboxylic acids is 2. The van der Waals surface area contributed by atoms with E-state index < -0.39 is 17.4 Å². The summed E-state index contributed by atoms with van der Waals surface area (Å²) in [5, 5.41) is 3.00. The molecule has 1 N–H and O–H groups in total. The summed E-state index contributed by atoms with van der Waals surface area (Å²) in [5.74, 6) is -0.522. The number of hydrogen-bond acceptors (Lipinski definition) is 4. The Morgan fingerprint density at radius 2 is 2.07 bits per heavy atom. The van der Waals surface area contributed by atoms with E-state index in [0.717, 1.165) is 22.6 Å². The van der Waals surface area contributed by atoms with Gasteiger partial charge in [-0.2, -0.15) is 0 Å². The van der Waals surface area contributed by atoms with E-state index in [1.807, 2.05) is 44.2 Å². The largest absolute Gasteiger partial charge is 0.467 e. The lowest BCUT2D eigenvalue weighted by atomic mass is 9.76. The molecular formula is C22H22N2O4. The van der Waals surface area contributed by atoms with Crippen LogP contribution in [0.5, 0.6) is 0 Å². The summed E-state index contributed by atoms with van der Waals surface area (Å²) in [6.45, 7) is 4.82. The Morgan fingerprint density at radius 3 is 2.79 bits per heavy atom. The summed E-state index contributed by atoms with van der Waals surface area (Å²) in [5.41, 5.74) is 2.20. The maximum absolute atomic E-state index is 13.2. The van der Waals surface area contributed by atoms with Gasteiger partial charge in [-0.1, -0.05) is 18.2 Å². The van der Waals surface area contributed by atoms with Gasteiger partial charge < -0.3 is 19.4 Å². The van der Waals surface area contributed by atoms with Crippen molar-refractivity contribution in [2.45, 2.75) is 32.1 Å². The molecule has 1 aromatic carbocycles. The fourth-order valence-electron chi connectivity index (χ4n) is 4.87. The van der Waals surface area contributed by atoms with E-state index in [-0.39, 0.29) is 17.9 Å². The lowest BCUT2D eigenvalue weighted by Crippen LogP contribution is -2.41. The number of benzene rings is 1. The average Bonchev–Trinajstić information content (AvgIpc) is 3.37. The number of amides is 2. The first-order chi connectivity index (χ1) is 13.4. The van der Waals surface area contributed by atoms with Crippen molar-refractivity contribution in [3.63, 3.8) is 0 Å². The van der Waals surface area contributed by atoms with Gasteiger partial charge >= 0.3 is 0 Å². The monoisotopic (exact) mass is 378 g/mol. The van der Waals surface area contributed by atoms with E-state index in [4.69, 9.17) is 9.15 Å². The molecular weight excluding hydrogens is 356 g/mol. The highest BCUT2D eigenvalue weighted by Crippen LogP contribution is 2.52. The van der Waals surface area contributed by atoms with Crippen LogP contribution in [0, 0.1) is 25.7 Å². The van der Waals surface area contributed by atoms with E-state index in [9.17, 15) is 9.59 Å². The second kappa shape index (κ2) is 6.07. The quantitative estimate of drug-likeness (QED) is 0.831. The number of hydrogen-bond donors (Lipinski definition) is 1. The molecule has 144 valence electrons. The molecule has 1 spiro atoms. The Kier molecular flexibility index (Phi) is 3.74. The summed E-state index contributed by atoms with van der Waals surface area (Å²) in [6, 6.07) is 9.57. The van der Waals surface area contributed by atoms with E-state index in [0.29, 0.717) is 13.1 Å². The summed E-state index contributed by atoms with van der Waals surface area (Å²) >= 11 is 0. The maximum Gasteiger partial charge on any atom is 0.231 e. The van der Waals surface area contributed by atoms with Crippen molar-refractivity contribution in [3.8, 4) is 0 Å². The standard InChI is InChI=1S/C22H22N2O4/c1-13-8-14(2)10-15(9-13)23-20(25)18-17-5-6-22(28-17)12-24(21(26)19(18)22)11-16-4-3-7-27-16/h3-10,17-19H,11-12H2,1-2H3,(H,23,25). The maximum atomic E-state index is 13.2. The second-order valence-corrected chi connectivity index (χ2v) is 8.04. The molecule has 6 heteroatoms. The van der Waals surface area contributed by atoms with Crippen molar-refractivity contribution in [1.29, 1.82) is 0 Å². The second-order valence-electron chi connectivity index (χ2n) is 8.04. The fraction of sp³-hybridized carbons (Fsp3) is 0.364. The number of anilines is 1. The van der Waals surface area contributed by atoms with Crippen LogP contribution in [0.2, 0.25) is 0 Å². The van der Waals surface area contributed by atoms with Crippen molar-refractivity contribution in [2.24, 2.45) is 11.8 Å². The summed E-state index contributed by atoms with van der Waals surface area (Å²) in [6.07, 6.45) is 5.12. The molecule has 2 bridgehead atoms. The molecule has 3 aliphatic rings. The van der Waals surface area contributed by atoms with Crippen LogP contribution in [0.3, 0.4) is 0 Å². The SMILES string of the molecule is Cc1cc(C)cc(NC(=O)C2C3C=CC4(CN(Cc5ccco5)C(=O)C24)O3)c1. The van der Waals surface area contributed by atoms with Crippen molar-refractivity contribution in [2.75, 3.05) is 11.9 Å². The number of fused-ring (bicyclic) bond motifs is 1. The van der Waals surface area contributed by atoms with Gasteiger partial charge in [-0.3, -0.25) is 9.59 Å². The molecule has 2 amide bonds. The van der Waals surface area contributed by atoms with Crippen LogP contribution >= 0.6 is 0 Å². The highest BCUT2D eigenvalue weighted by Gasteiger charge is 2.66.